The van der Waals surface area contributed by atoms with Gasteiger partial charge in [-0.25, -0.2) is 9.97 Å². The first kappa shape index (κ1) is 17.2. The molecule has 1 aromatic carbocycles. The van der Waals surface area contributed by atoms with E-state index >= 15 is 0 Å². The van der Waals surface area contributed by atoms with Crippen LogP contribution in [-0.4, -0.2) is 29.0 Å². The molecule has 6 nitrogen and oxygen atoms in total. The summed E-state index contributed by atoms with van der Waals surface area (Å²) in [6.07, 6.45) is 5.38. The number of rotatable bonds is 7. The van der Waals surface area contributed by atoms with Crippen LogP contribution in [0, 0.1) is 5.92 Å². The molecule has 0 aliphatic heterocycles. The lowest BCUT2D eigenvalue weighted by atomic mass is 10.0. The van der Waals surface area contributed by atoms with Crippen molar-refractivity contribution in [2.75, 3.05) is 12.4 Å². The van der Waals surface area contributed by atoms with Gasteiger partial charge in [0, 0.05) is 18.4 Å². The second-order valence-corrected chi connectivity index (χ2v) is 6.66. The van der Waals surface area contributed by atoms with E-state index in [1.807, 2.05) is 38.1 Å². The van der Waals surface area contributed by atoms with Gasteiger partial charge in [0.2, 0.25) is 5.95 Å². The van der Waals surface area contributed by atoms with E-state index in [0.29, 0.717) is 17.4 Å². The van der Waals surface area contributed by atoms with Gasteiger partial charge >= 0.3 is 0 Å². The van der Waals surface area contributed by atoms with E-state index in [1.54, 1.807) is 19.5 Å². The van der Waals surface area contributed by atoms with E-state index in [0.717, 1.165) is 24.2 Å². The van der Waals surface area contributed by atoms with E-state index in [2.05, 4.69) is 20.6 Å². The van der Waals surface area contributed by atoms with Crippen LogP contribution in [0.25, 0.3) is 0 Å². The van der Waals surface area contributed by atoms with Gasteiger partial charge in [-0.15, -0.1) is 0 Å². The van der Waals surface area contributed by atoms with Crippen molar-refractivity contribution in [3.05, 3.63) is 47.8 Å². The van der Waals surface area contributed by atoms with Crippen molar-refractivity contribution < 1.29 is 9.53 Å². The van der Waals surface area contributed by atoms with E-state index in [4.69, 9.17) is 4.74 Å². The average Bonchev–Trinajstić information content (AvgIpc) is 3.45. The molecule has 0 bridgehead atoms. The molecule has 0 unspecified atom stereocenters. The van der Waals surface area contributed by atoms with Crippen LogP contribution in [0.15, 0.2) is 36.7 Å². The van der Waals surface area contributed by atoms with E-state index in [9.17, 15) is 4.79 Å². The number of hydrogen-bond acceptors (Lipinski definition) is 5. The maximum atomic E-state index is 12.6. The molecule has 0 saturated heterocycles. The van der Waals surface area contributed by atoms with Crippen molar-refractivity contribution >= 4 is 11.9 Å². The van der Waals surface area contributed by atoms with E-state index in [-0.39, 0.29) is 18.0 Å². The van der Waals surface area contributed by atoms with Gasteiger partial charge < -0.3 is 15.4 Å². The molecule has 2 N–H and O–H groups in total. The van der Waals surface area contributed by atoms with Crippen molar-refractivity contribution in [1.82, 2.24) is 15.3 Å². The number of ether oxygens (including phenoxy) is 1. The SMILES string of the molecule is COc1ccc([C@@H](NC(=O)c2cnc(NC(C)C)nc2)C2CC2)cc1. The Kier molecular flexibility index (Phi) is 5.16. The quantitative estimate of drug-likeness (QED) is 0.809. The number of carbonyl (C=O) groups is 1. The molecule has 0 radical (unpaired) electrons. The Balaban J connectivity index is 1.70. The lowest BCUT2D eigenvalue weighted by Gasteiger charge is -2.19. The monoisotopic (exact) mass is 340 g/mol. The second-order valence-electron chi connectivity index (χ2n) is 6.66. The first-order valence-electron chi connectivity index (χ1n) is 8.60. The molecular weight excluding hydrogens is 316 g/mol. The van der Waals surface area contributed by atoms with Crippen molar-refractivity contribution in [2.24, 2.45) is 5.92 Å². The second kappa shape index (κ2) is 7.51. The largest absolute Gasteiger partial charge is 0.497 e. The number of nitrogens with zero attached hydrogens (tertiary/aromatic N) is 2. The van der Waals surface area contributed by atoms with Crippen LogP contribution in [0.2, 0.25) is 0 Å². The molecule has 0 spiro atoms. The molecule has 1 heterocycles. The third-order valence-electron chi connectivity index (χ3n) is 4.19. The van der Waals surface area contributed by atoms with Crippen LogP contribution in [-0.2, 0) is 0 Å². The van der Waals surface area contributed by atoms with Gasteiger partial charge in [-0.3, -0.25) is 4.79 Å². The van der Waals surface area contributed by atoms with E-state index < -0.39 is 0 Å². The summed E-state index contributed by atoms with van der Waals surface area (Å²) in [5.74, 6) is 1.68. The van der Waals surface area contributed by atoms with Crippen molar-refractivity contribution in [3.8, 4) is 5.75 Å². The number of anilines is 1. The summed E-state index contributed by atoms with van der Waals surface area (Å²) in [4.78, 5) is 21.0. The first-order chi connectivity index (χ1) is 12.1. The minimum atomic E-state index is -0.149. The van der Waals surface area contributed by atoms with Gasteiger partial charge in [-0.05, 0) is 50.3 Å². The van der Waals surface area contributed by atoms with Gasteiger partial charge in [0.05, 0.1) is 18.7 Å². The smallest absolute Gasteiger partial charge is 0.254 e. The fourth-order valence-electron chi connectivity index (χ4n) is 2.72. The number of nitrogens with one attached hydrogen (secondary N) is 2. The molecule has 1 aliphatic rings. The predicted molar refractivity (Wildman–Crippen MR) is 96.7 cm³/mol. The number of carbonyl (C=O) groups excluding carboxylic acids is 1. The summed E-state index contributed by atoms with van der Waals surface area (Å²) in [6.45, 7) is 4.03. The number of methoxy groups -OCH3 is 1. The van der Waals surface area contributed by atoms with Crippen molar-refractivity contribution in [1.29, 1.82) is 0 Å². The summed E-state index contributed by atoms with van der Waals surface area (Å²) in [5.41, 5.74) is 1.56. The highest BCUT2D eigenvalue weighted by atomic mass is 16.5. The van der Waals surface area contributed by atoms with Gasteiger partial charge in [0.1, 0.15) is 5.75 Å². The van der Waals surface area contributed by atoms with Crippen LogP contribution >= 0.6 is 0 Å². The minimum Gasteiger partial charge on any atom is -0.497 e. The molecular formula is C19H24N4O2. The Labute approximate surface area is 148 Å². The van der Waals surface area contributed by atoms with Crippen LogP contribution < -0.4 is 15.4 Å². The van der Waals surface area contributed by atoms with Gasteiger partial charge in [-0.2, -0.15) is 0 Å². The zero-order chi connectivity index (χ0) is 17.8. The summed E-state index contributed by atoms with van der Waals surface area (Å²) < 4.78 is 5.20. The predicted octanol–water partition coefficient (Wildman–Crippen LogP) is 3.19. The molecule has 6 heteroatoms. The number of aromatic nitrogens is 2. The van der Waals surface area contributed by atoms with E-state index in [1.165, 1.54) is 0 Å². The third kappa shape index (κ3) is 4.47. The summed E-state index contributed by atoms with van der Waals surface area (Å²) >= 11 is 0. The molecule has 1 amide bonds. The minimum absolute atomic E-state index is 0.00636. The molecule has 2 aromatic rings. The number of hydrogen-bond donors (Lipinski definition) is 2. The van der Waals surface area contributed by atoms with Gasteiger partial charge in [0.25, 0.3) is 5.91 Å². The zero-order valence-electron chi connectivity index (χ0n) is 14.8. The lowest BCUT2D eigenvalue weighted by molar-refractivity contribution is 0.0931. The van der Waals surface area contributed by atoms with Crippen LogP contribution in [0.4, 0.5) is 5.95 Å². The topological polar surface area (TPSA) is 76.1 Å². The molecule has 1 fully saturated rings. The summed E-state index contributed by atoms with van der Waals surface area (Å²) in [7, 11) is 1.65. The summed E-state index contributed by atoms with van der Waals surface area (Å²) in [5, 5.41) is 6.24. The molecule has 3 rings (SSSR count). The Morgan fingerprint density at radius 2 is 1.80 bits per heavy atom. The third-order valence-corrected chi connectivity index (χ3v) is 4.19. The van der Waals surface area contributed by atoms with Crippen molar-refractivity contribution in [3.63, 3.8) is 0 Å². The Hall–Kier alpha value is -2.63. The van der Waals surface area contributed by atoms with Crippen LogP contribution in [0.3, 0.4) is 0 Å². The normalized spacial score (nSPS) is 14.9. The summed E-state index contributed by atoms with van der Waals surface area (Å²) in [6, 6.07) is 8.11. The standard InChI is InChI=1S/C19H24N4O2/c1-12(2)22-19-20-10-15(11-21-19)18(24)23-17(13-4-5-13)14-6-8-16(25-3)9-7-14/h6-13,17H,4-5H2,1-3H3,(H,23,24)(H,20,21,22)/t17-/m0/s1. The highest BCUT2D eigenvalue weighted by Gasteiger charge is 2.33. The fraction of sp³-hybridized carbons (Fsp3) is 0.421. The Morgan fingerprint density at radius 1 is 1.16 bits per heavy atom. The molecule has 132 valence electrons. The fourth-order valence-corrected chi connectivity index (χ4v) is 2.72. The highest BCUT2D eigenvalue weighted by molar-refractivity contribution is 5.94. The maximum absolute atomic E-state index is 12.6. The Morgan fingerprint density at radius 3 is 2.32 bits per heavy atom. The highest BCUT2D eigenvalue weighted by Crippen LogP contribution is 2.41. The van der Waals surface area contributed by atoms with Gasteiger partial charge in [-0.1, -0.05) is 12.1 Å². The molecule has 25 heavy (non-hydrogen) atoms. The molecule has 1 aliphatic carbocycles. The first-order valence-corrected chi connectivity index (χ1v) is 8.60. The molecule has 1 atom stereocenters. The van der Waals surface area contributed by atoms with Crippen LogP contribution in [0.1, 0.15) is 48.7 Å². The Bertz CT molecular complexity index is 709. The molecule has 1 aromatic heterocycles. The lowest BCUT2D eigenvalue weighted by Crippen LogP contribution is -2.30. The zero-order valence-corrected chi connectivity index (χ0v) is 14.8. The number of benzene rings is 1. The average molecular weight is 340 g/mol. The van der Waals surface area contributed by atoms with Crippen molar-refractivity contribution in [2.45, 2.75) is 38.8 Å². The maximum Gasteiger partial charge on any atom is 0.254 e. The van der Waals surface area contributed by atoms with Crippen LogP contribution in [0.5, 0.6) is 5.75 Å². The number of amides is 1. The van der Waals surface area contributed by atoms with Gasteiger partial charge in [0.15, 0.2) is 0 Å². The molecule has 1 saturated carbocycles.